The minimum absolute atomic E-state index is 0.302. The monoisotopic (exact) mass is 314 g/mol. The van der Waals surface area contributed by atoms with Gasteiger partial charge in [-0.15, -0.1) is 11.3 Å². The van der Waals surface area contributed by atoms with Crippen LogP contribution in [0.25, 0.3) is 10.2 Å². The summed E-state index contributed by atoms with van der Waals surface area (Å²) in [7, 11) is 0. The van der Waals surface area contributed by atoms with E-state index in [1.165, 1.54) is 29.0 Å². The predicted octanol–water partition coefficient (Wildman–Crippen LogP) is 3.78. The van der Waals surface area contributed by atoms with Crippen LogP contribution in [0.4, 0.5) is 0 Å². The molecule has 2 saturated carbocycles. The lowest BCUT2D eigenvalue weighted by atomic mass is 9.88. The maximum absolute atomic E-state index is 12.3. The summed E-state index contributed by atoms with van der Waals surface area (Å²) in [6, 6.07) is 8.26. The number of nitrogens with zero attached hydrogens (tertiary/aromatic N) is 1. The molecule has 2 aliphatic carbocycles. The van der Waals surface area contributed by atoms with Gasteiger partial charge in [-0.1, -0.05) is 18.6 Å². The van der Waals surface area contributed by atoms with E-state index in [1.54, 1.807) is 11.3 Å². The van der Waals surface area contributed by atoms with Gasteiger partial charge in [-0.3, -0.25) is 4.79 Å². The molecule has 1 aromatic heterocycles. The molecule has 0 radical (unpaired) electrons. The first-order valence-electron chi connectivity index (χ1n) is 8.42. The van der Waals surface area contributed by atoms with Crippen molar-refractivity contribution in [3.8, 4) is 0 Å². The SMILES string of the molecule is O=C(NCCCc1nc2ccccc2s1)C1CC2CCC1C2. The van der Waals surface area contributed by atoms with Crippen molar-refractivity contribution in [1.29, 1.82) is 0 Å². The second-order valence-electron chi connectivity index (χ2n) is 6.75. The molecule has 4 rings (SSSR count). The normalized spacial score (nSPS) is 26.6. The average Bonchev–Trinajstić information content (AvgIpc) is 3.25. The van der Waals surface area contributed by atoms with Gasteiger partial charge in [0, 0.05) is 18.9 Å². The molecule has 3 unspecified atom stereocenters. The van der Waals surface area contributed by atoms with Gasteiger partial charge >= 0.3 is 0 Å². The Kier molecular flexibility index (Phi) is 3.87. The second kappa shape index (κ2) is 5.99. The molecule has 3 nitrogen and oxygen atoms in total. The Hall–Kier alpha value is -1.42. The molecular weight excluding hydrogens is 292 g/mol. The van der Waals surface area contributed by atoms with E-state index in [9.17, 15) is 4.79 Å². The summed E-state index contributed by atoms with van der Waals surface area (Å²) in [5, 5.41) is 4.33. The number of rotatable bonds is 5. The van der Waals surface area contributed by atoms with Crippen LogP contribution in [0.1, 0.15) is 37.1 Å². The lowest BCUT2D eigenvalue weighted by Gasteiger charge is -2.20. The van der Waals surface area contributed by atoms with E-state index in [4.69, 9.17) is 0 Å². The van der Waals surface area contributed by atoms with Crippen LogP contribution in [0, 0.1) is 17.8 Å². The van der Waals surface area contributed by atoms with Crippen LogP contribution in [0.15, 0.2) is 24.3 Å². The molecule has 1 amide bonds. The third kappa shape index (κ3) is 2.76. The van der Waals surface area contributed by atoms with Crippen LogP contribution in [0.5, 0.6) is 0 Å². The highest BCUT2D eigenvalue weighted by Crippen LogP contribution is 2.48. The number of aryl methyl sites for hydroxylation is 1. The van der Waals surface area contributed by atoms with Crippen molar-refractivity contribution < 1.29 is 4.79 Å². The highest BCUT2D eigenvalue weighted by atomic mass is 32.1. The molecule has 2 aliphatic rings. The molecule has 22 heavy (non-hydrogen) atoms. The number of nitrogens with one attached hydrogen (secondary N) is 1. The molecule has 1 heterocycles. The van der Waals surface area contributed by atoms with Gasteiger partial charge in [-0.05, 0) is 49.7 Å². The fraction of sp³-hybridized carbons (Fsp3) is 0.556. The van der Waals surface area contributed by atoms with Crippen molar-refractivity contribution in [2.24, 2.45) is 17.8 Å². The number of hydrogen-bond acceptors (Lipinski definition) is 3. The highest BCUT2D eigenvalue weighted by molar-refractivity contribution is 7.18. The van der Waals surface area contributed by atoms with Crippen molar-refractivity contribution in [3.63, 3.8) is 0 Å². The van der Waals surface area contributed by atoms with Crippen molar-refractivity contribution in [2.45, 2.75) is 38.5 Å². The van der Waals surface area contributed by atoms with Gasteiger partial charge in [0.15, 0.2) is 0 Å². The Balaban J connectivity index is 1.24. The van der Waals surface area contributed by atoms with E-state index in [-0.39, 0.29) is 0 Å². The zero-order valence-corrected chi connectivity index (χ0v) is 13.6. The molecule has 116 valence electrons. The number of carbonyl (C=O) groups is 1. The minimum Gasteiger partial charge on any atom is -0.356 e. The Morgan fingerprint density at radius 2 is 2.18 bits per heavy atom. The minimum atomic E-state index is 0.302. The summed E-state index contributed by atoms with van der Waals surface area (Å²) in [5.74, 6) is 2.12. The molecule has 0 spiro atoms. The molecule has 1 aromatic carbocycles. The Labute approximate surface area is 135 Å². The first-order valence-corrected chi connectivity index (χ1v) is 9.23. The number of fused-ring (bicyclic) bond motifs is 3. The molecule has 1 N–H and O–H groups in total. The summed E-state index contributed by atoms with van der Waals surface area (Å²) in [5.41, 5.74) is 1.09. The van der Waals surface area contributed by atoms with E-state index >= 15 is 0 Å². The summed E-state index contributed by atoms with van der Waals surface area (Å²) in [6.07, 6.45) is 6.99. The van der Waals surface area contributed by atoms with Crippen LogP contribution in [-0.4, -0.2) is 17.4 Å². The van der Waals surface area contributed by atoms with Gasteiger partial charge < -0.3 is 5.32 Å². The summed E-state index contributed by atoms with van der Waals surface area (Å²) < 4.78 is 1.25. The smallest absolute Gasteiger partial charge is 0.223 e. The van der Waals surface area contributed by atoms with Crippen LogP contribution < -0.4 is 5.32 Å². The van der Waals surface area contributed by atoms with E-state index in [2.05, 4.69) is 28.5 Å². The van der Waals surface area contributed by atoms with Gasteiger partial charge in [0.05, 0.1) is 15.2 Å². The zero-order valence-electron chi connectivity index (χ0n) is 12.8. The Morgan fingerprint density at radius 1 is 1.27 bits per heavy atom. The molecule has 4 heteroatoms. The van der Waals surface area contributed by atoms with Gasteiger partial charge in [-0.2, -0.15) is 0 Å². The van der Waals surface area contributed by atoms with E-state index in [0.717, 1.165) is 37.2 Å². The van der Waals surface area contributed by atoms with Gasteiger partial charge in [-0.25, -0.2) is 4.98 Å². The molecule has 2 aromatic rings. The molecule has 3 atom stereocenters. The topological polar surface area (TPSA) is 42.0 Å². The van der Waals surface area contributed by atoms with Crippen LogP contribution >= 0.6 is 11.3 Å². The van der Waals surface area contributed by atoms with Crippen molar-refractivity contribution in [3.05, 3.63) is 29.3 Å². The highest BCUT2D eigenvalue weighted by Gasteiger charge is 2.42. The van der Waals surface area contributed by atoms with Crippen LogP contribution in [0.2, 0.25) is 0 Å². The fourth-order valence-corrected chi connectivity index (χ4v) is 5.18. The van der Waals surface area contributed by atoms with Gasteiger partial charge in [0.2, 0.25) is 5.91 Å². The van der Waals surface area contributed by atoms with E-state index in [0.29, 0.717) is 17.7 Å². The Morgan fingerprint density at radius 3 is 2.95 bits per heavy atom. The lowest BCUT2D eigenvalue weighted by Crippen LogP contribution is -2.34. The largest absolute Gasteiger partial charge is 0.356 e. The molecule has 0 saturated heterocycles. The number of thiazole rings is 1. The number of carbonyl (C=O) groups excluding carboxylic acids is 1. The Bertz CT molecular complexity index is 648. The molecule has 2 bridgehead atoms. The number of para-hydroxylation sites is 1. The summed E-state index contributed by atoms with van der Waals surface area (Å²) in [6.45, 7) is 0.780. The standard InChI is InChI=1S/C18H22N2OS/c21-18(14-11-12-7-8-13(14)10-12)19-9-3-6-17-20-15-4-1-2-5-16(15)22-17/h1-2,4-5,12-14H,3,6-11H2,(H,19,21). The number of aromatic nitrogens is 1. The third-order valence-corrected chi connectivity index (χ3v) is 6.38. The first-order chi connectivity index (χ1) is 10.8. The van der Waals surface area contributed by atoms with E-state index in [1.807, 2.05) is 6.07 Å². The van der Waals surface area contributed by atoms with Crippen LogP contribution in [-0.2, 0) is 11.2 Å². The zero-order chi connectivity index (χ0) is 14.9. The number of hydrogen-bond donors (Lipinski definition) is 1. The van der Waals surface area contributed by atoms with Gasteiger partial charge in [0.1, 0.15) is 0 Å². The number of benzene rings is 1. The fourth-order valence-electron chi connectivity index (χ4n) is 4.17. The predicted molar refractivity (Wildman–Crippen MR) is 89.9 cm³/mol. The molecule has 0 aliphatic heterocycles. The maximum Gasteiger partial charge on any atom is 0.223 e. The average molecular weight is 314 g/mol. The van der Waals surface area contributed by atoms with Crippen LogP contribution in [0.3, 0.4) is 0 Å². The number of amides is 1. The van der Waals surface area contributed by atoms with Crippen molar-refractivity contribution in [1.82, 2.24) is 10.3 Å². The quantitative estimate of drug-likeness (QED) is 0.853. The summed E-state index contributed by atoms with van der Waals surface area (Å²) in [4.78, 5) is 16.9. The second-order valence-corrected chi connectivity index (χ2v) is 7.87. The van der Waals surface area contributed by atoms with Gasteiger partial charge in [0.25, 0.3) is 0 Å². The van der Waals surface area contributed by atoms with Crippen molar-refractivity contribution >= 4 is 27.5 Å². The third-order valence-electron chi connectivity index (χ3n) is 5.28. The molecule has 2 fully saturated rings. The van der Waals surface area contributed by atoms with Crippen molar-refractivity contribution in [2.75, 3.05) is 6.54 Å². The maximum atomic E-state index is 12.3. The van der Waals surface area contributed by atoms with E-state index < -0.39 is 0 Å². The lowest BCUT2D eigenvalue weighted by molar-refractivity contribution is -0.126. The summed E-state index contributed by atoms with van der Waals surface area (Å²) >= 11 is 1.77. The molecular formula is C18H22N2OS. The first kappa shape index (κ1) is 14.2.